The average Bonchev–Trinajstić information content (AvgIpc) is 3.23. The predicted molar refractivity (Wildman–Crippen MR) is 70.5 cm³/mol. The van der Waals surface area contributed by atoms with E-state index in [4.69, 9.17) is 23.7 Å². The van der Waals surface area contributed by atoms with Crippen LogP contribution in [0.15, 0.2) is 0 Å². The molecule has 116 valence electrons. The summed E-state index contributed by atoms with van der Waals surface area (Å²) in [6, 6.07) is 0. The molecular weight excluding hydrogens is 264 g/mol. The van der Waals surface area contributed by atoms with Crippen molar-refractivity contribution in [2.75, 3.05) is 46.8 Å². The SMILES string of the molecule is COCCOCCOCCOC(=O)C1CCC2OC2C1. The van der Waals surface area contributed by atoms with E-state index in [2.05, 4.69) is 0 Å². The third kappa shape index (κ3) is 5.36. The van der Waals surface area contributed by atoms with Crippen molar-refractivity contribution in [2.24, 2.45) is 5.92 Å². The molecule has 1 heterocycles. The van der Waals surface area contributed by atoms with Gasteiger partial charge in [0.25, 0.3) is 0 Å². The predicted octanol–water partition coefficient (Wildman–Crippen LogP) is 0.777. The molecule has 1 aliphatic carbocycles. The summed E-state index contributed by atoms with van der Waals surface area (Å²) in [5.41, 5.74) is 0. The molecule has 2 fully saturated rings. The maximum absolute atomic E-state index is 11.8. The highest BCUT2D eigenvalue weighted by molar-refractivity contribution is 5.72. The fourth-order valence-corrected chi connectivity index (χ4v) is 2.40. The molecule has 0 amide bonds. The Morgan fingerprint density at radius 1 is 1.00 bits per heavy atom. The van der Waals surface area contributed by atoms with Crippen LogP contribution in [0.25, 0.3) is 0 Å². The smallest absolute Gasteiger partial charge is 0.309 e. The molecule has 1 saturated heterocycles. The summed E-state index contributed by atoms with van der Waals surface area (Å²) < 4.78 is 26.0. The number of hydrogen-bond donors (Lipinski definition) is 0. The molecule has 6 nitrogen and oxygen atoms in total. The van der Waals surface area contributed by atoms with Crippen molar-refractivity contribution in [3.8, 4) is 0 Å². The molecule has 0 aromatic rings. The Morgan fingerprint density at radius 3 is 2.40 bits per heavy atom. The average molecular weight is 288 g/mol. The number of ether oxygens (including phenoxy) is 5. The van der Waals surface area contributed by atoms with Gasteiger partial charge in [0.1, 0.15) is 6.61 Å². The van der Waals surface area contributed by atoms with Crippen LogP contribution >= 0.6 is 0 Å². The third-order valence-corrected chi connectivity index (χ3v) is 3.61. The molecule has 0 aromatic heterocycles. The number of carbonyl (C=O) groups excluding carboxylic acids is 1. The van der Waals surface area contributed by atoms with E-state index in [0.717, 1.165) is 19.3 Å². The first-order valence-corrected chi connectivity index (χ1v) is 7.27. The van der Waals surface area contributed by atoms with E-state index in [1.165, 1.54) is 0 Å². The van der Waals surface area contributed by atoms with Gasteiger partial charge in [-0.1, -0.05) is 0 Å². The Kier molecular flexibility index (Phi) is 6.72. The van der Waals surface area contributed by atoms with Crippen molar-refractivity contribution in [3.05, 3.63) is 0 Å². The lowest BCUT2D eigenvalue weighted by Crippen LogP contribution is -2.25. The number of esters is 1. The molecule has 3 unspecified atom stereocenters. The lowest BCUT2D eigenvalue weighted by molar-refractivity contribution is -0.151. The largest absolute Gasteiger partial charge is 0.463 e. The molecule has 3 atom stereocenters. The second-order valence-electron chi connectivity index (χ2n) is 5.11. The fourth-order valence-electron chi connectivity index (χ4n) is 2.40. The maximum Gasteiger partial charge on any atom is 0.309 e. The van der Waals surface area contributed by atoms with Gasteiger partial charge in [0.05, 0.1) is 51.2 Å². The third-order valence-electron chi connectivity index (χ3n) is 3.61. The van der Waals surface area contributed by atoms with Crippen molar-refractivity contribution in [3.63, 3.8) is 0 Å². The van der Waals surface area contributed by atoms with Crippen molar-refractivity contribution < 1.29 is 28.5 Å². The zero-order valence-electron chi connectivity index (χ0n) is 12.0. The molecule has 2 rings (SSSR count). The second-order valence-corrected chi connectivity index (χ2v) is 5.11. The fraction of sp³-hybridized carbons (Fsp3) is 0.929. The first kappa shape index (κ1) is 15.7. The van der Waals surface area contributed by atoms with Crippen LogP contribution in [0.5, 0.6) is 0 Å². The minimum atomic E-state index is -0.112. The second kappa shape index (κ2) is 8.56. The molecular formula is C14H24O6. The Morgan fingerprint density at radius 2 is 1.70 bits per heavy atom. The molecule has 1 aliphatic heterocycles. The molecule has 0 bridgehead atoms. The number of carbonyl (C=O) groups is 1. The zero-order chi connectivity index (χ0) is 14.2. The summed E-state index contributed by atoms with van der Waals surface area (Å²) in [5.74, 6) is -0.102. The van der Waals surface area contributed by atoms with E-state index < -0.39 is 0 Å². The van der Waals surface area contributed by atoms with E-state index in [-0.39, 0.29) is 11.9 Å². The van der Waals surface area contributed by atoms with Gasteiger partial charge in [0.15, 0.2) is 0 Å². The number of fused-ring (bicyclic) bond motifs is 1. The zero-order valence-corrected chi connectivity index (χ0v) is 12.0. The molecule has 0 spiro atoms. The Bertz CT molecular complexity index is 295. The Hall–Kier alpha value is -0.690. The maximum atomic E-state index is 11.8. The number of epoxide rings is 1. The molecule has 1 saturated carbocycles. The molecule has 0 aromatic carbocycles. The van der Waals surface area contributed by atoms with Crippen LogP contribution in [0, 0.1) is 5.92 Å². The minimum absolute atomic E-state index is 0.0103. The van der Waals surface area contributed by atoms with Crippen molar-refractivity contribution >= 4 is 5.97 Å². The van der Waals surface area contributed by atoms with E-state index in [1.54, 1.807) is 7.11 Å². The first-order chi connectivity index (χ1) is 9.81. The number of hydrogen-bond acceptors (Lipinski definition) is 6. The standard InChI is InChI=1S/C14H24O6/c1-16-4-5-17-6-7-18-8-9-19-14(15)11-2-3-12-13(10-11)20-12/h11-13H,2-10H2,1H3. The number of rotatable bonds is 10. The van der Waals surface area contributed by atoms with Gasteiger partial charge < -0.3 is 23.7 Å². The Balaban J connectivity index is 1.40. The van der Waals surface area contributed by atoms with E-state index in [1.807, 2.05) is 0 Å². The Labute approximate surface area is 119 Å². The van der Waals surface area contributed by atoms with E-state index in [0.29, 0.717) is 51.8 Å². The topological polar surface area (TPSA) is 66.5 Å². The van der Waals surface area contributed by atoms with Gasteiger partial charge in [-0.3, -0.25) is 4.79 Å². The summed E-state index contributed by atoms with van der Waals surface area (Å²) in [4.78, 5) is 11.8. The van der Waals surface area contributed by atoms with Gasteiger partial charge in [0, 0.05) is 7.11 Å². The van der Waals surface area contributed by atoms with Crippen LogP contribution in [0.4, 0.5) is 0 Å². The lowest BCUT2D eigenvalue weighted by Gasteiger charge is -2.17. The quantitative estimate of drug-likeness (QED) is 0.336. The minimum Gasteiger partial charge on any atom is -0.463 e. The highest BCUT2D eigenvalue weighted by Crippen LogP contribution is 2.39. The summed E-state index contributed by atoms with van der Waals surface area (Å²) in [7, 11) is 1.63. The lowest BCUT2D eigenvalue weighted by atomic mass is 9.89. The van der Waals surface area contributed by atoms with Gasteiger partial charge in [-0.25, -0.2) is 0 Å². The van der Waals surface area contributed by atoms with Gasteiger partial charge in [-0.05, 0) is 19.3 Å². The van der Waals surface area contributed by atoms with Crippen LogP contribution in [0.3, 0.4) is 0 Å². The van der Waals surface area contributed by atoms with Crippen LogP contribution < -0.4 is 0 Å². The number of methoxy groups -OCH3 is 1. The van der Waals surface area contributed by atoms with Gasteiger partial charge in [0.2, 0.25) is 0 Å². The van der Waals surface area contributed by atoms with Gasteiger partial charge in [-0.15, -0.1) is 0 Å². The van der Waals surface area contributed by atoms with Crippen LogP contribution in [0.1, 0.15) is 19.3 Å². The molecule has 0 radical (unpaired) electrons. The highest BCUT2D eigenvalue weighted by Gasteiger charge is 2.46. The first-order valence-electron chi connectivity index (χ1n) is 7.27. The molecule has 2 aliphatic rings. The summed E-state index contributed by atoms with van der Waals surface area (Å²) in [6.45, 7) is 2.91. The molecule has 0 N–H and O–H groups in total. The van der Waals surface area contributed by atoms with E-state index >= 15 is 0 Å². The van der Waals surface area contributed by atoms with Crippen LogP contribution in [-0.2, 0) is 28.5 Å². The normalized spacial score (nSPS) is 27.9. The summed E-state index contributed by atoms with van der Waals surface area (Å²) in [6.07, 6.45) is 3.41. The van der Waals surface area contributed by atoms with Gasteiger partial charge in [-0.2, -0.15) is 0 Å². The summed E-state index contributed by atoms with van der Waals surface area (Å²) in [5, 5.41) is 0. The van der Waals surface area contributed by atoms with Crippen molar-refractivity contribution in [1.29, 1.82) is 0 Å². The van der Waals surface area contributed by atoms with Gasteiger partial charge >= 0.3 is 5.97 Å². The highest BCUT2D eigenvalue weighted by atomic mass is 16.6. The molecule has 20 heavy (non-hydrogen) atoms. The molecule has 6 heteroatoms. The van der Waals surface area contributed by atoms with E-state index in [9.17, 15) is 4.79 Å². The summed E-state index contributed by atoms with van der Waals surface area (Å²) >= 11 is 0. The monoisotopic (exact) mass is 288 g/mol. The van der Waals surface area contributed by atoms with Crippen LogP contribution in [-0.4, -0.2) is 64.9 Å². The van der Waals surface area contributed by atoms with Crippen LogP contribution in [0.2, 0.25) is 0 Å². The van der Waals surface area contributed by atoms with Crippen molar-refractivity contribution in [2.45, 2.75) is 31.5 Å². The van der Waals surface area contributed by atoms with Crippen molar-refractivity contribution in [1.82, 2.24) is 0 Å².